The van der Waals surface area contributed by atoms with Crippen LogP contribution in [0.4, 0.5) is 5.69 Å². The maximum Gasteiger partial charge on any atom is 0.279 e. The Kier molecular flexibility index (Phi) is 6.85. The minimum atomic E-state index is -0.276. The number of rotatable bonds is 6. The van der Waals surface area contributed by atoms with Crippen molar-refractivity contribution >= 4 is 17.5 Å². The molecule has 26 heavy (non-hydrogen) atoms. The summed E-state index contributed by atoms with van der Waals surface area (Å²) in [6, 6.07) is 5.37. The van der Waals surface area contributed by atoms with Crippen molar-refractivity contribution in [3.8, 4) is 11.5 Å². The molecule has 1 aliphatic heterocycles. The Bertz CT molecular complexity index is 640. The highest BCUT2D eigenvalue weighted by Crippen LogP contribution is 2.32. The average molecular weight is 364 g/mol. The summed E-state index contributed by atoms with van der Waals surface area (Å²) < 4.78 is 11.2. The molecule has 144 valence electrons. The number of ether oxygens (including phenoxy) is 2. The molecular weight excluding hydrogens is 334 g/mol. The van der Waals surface area contributed by atoms with Gasteiger partial charge in [-0.05, 0) is 39.8 Å². The lowest BCUT2D eigenvalue weighted by Gasteiger charge is -2.23. The number of fused-ring (bicyclic) bond motifs is 1. The van der Waals surface area contributed by atoms with Gasteiger partial charge in [-0.2, -0.15) is 0 Å². The number of carbonyl (C=O) groups excluding carboxylic acids is 2. The second-order valence-electron chi connectivity index (χ2n) is 7.52. The summed E-state index contributed by atoms with van der Waals surface area (Å²) in [5, 5.41) is 5.80. The molecular formula is C19H30N3O4+. The van der Waals surface area contributed by atoms with E-state index in [0.717, 1.165) is 11.3 Å². The smallest absolute Gasteiger partial charge is 0.279 e. The first-order valence-corrected chi connectivity index (χ1v) is 9.11. The maximum atomic E-state index is 12.3. The Balaban J connectivity index is 1.90. The fourth-order valence-corrected chi connectivity index (χ4v) is 2.68. The highest BCUT2D eigenvalue weighted by atomic mass is 16.5. The van der Waals surface area contributed by atoms with E-state index in [0.29, 0.717) is 36.9 Å². The zero-order valence-corrected chi connectivity index (χ0v) is 16.1. The number of anilines is 1. The van der Waals surface area contributed by atoms with Gasteiger partial charge in [-0.3, -0.25) is 9.59 Å². The Morgan fingerprint density at radius 2 is 1.73 bits per heavy atom. The normalized spacial score (nSPS) is 14.9. The predicted molar refractivity (Wildman–Crippen MR) is 99.8 cm³/mol. The van der Waals surface area contributed by atoms with E-state index >= 15 is 0 Å². The third-order valence-corrected chi connectivity index (χ3v) is 3.87. The summed E-state index contributed by atoms with van der Waals surface area (Å²) in [4.78, 5) is 25.3. The largest absolute Gasteiger partial charge is 0.490 e. The molecule has 0 aliphatic carbocycles. The van der Waals surface area contributed by atoms with Crippen molar-refractivity contribution in [3.05, 3.63) is 18.2 Å². The van der Waals surface area contributed by atoms with Gasteiger partial charge in [0, 0.05) is 23.7 Å². The van der Waals surface area contributed by atoms with Crippen molar-refractivity contribution in [1.82, 2.24) is 5.32 Å². The summed E-state index contributed by atoms with van der Waals surface area (Å²) in [7, 11) is 0. The van der Waals surface area contributed by atoms with E-state index in [1.165, 1.54) is 0 Å². The number of nitrogens with one attached hydrogen (secondary N) is 3. The molecule has 3 N–H and O–H groups in total. The molecule has 0 spiro atoms. The number of quaternary nitrogens is 1. The molecule has 7 heteroatoms. The Hall–Kier alpha value is -2.28. The highest BCUT2D eigenvalue weighted by Gasteiger charge is 2.20. The van der Waals surface area contributed by atoms with Crippen LogP contribution in [-0.4, -0.2) is 50.2 Å². The minimum absolute atomic E-state index is 0.0577. The molecule has 7 nitrogen and oxygen atoms in total. The first-order valence-electron chi connectivity index (χ1n) is 9.11. The number of amides is 2. The summed E-state index contributed by atoms with van der Waals surface area (Å²) >= 11 is 0. The number of hydrogen-bond donors (Lipinski definition) is 3. The quantitative estimate of drug-likeness (QED) is 0.691. The van der Waals surface area contributed by atoms with Crippen molar-refractivity contribution < 1.29 is 24.0 Å². The van der Waals surface area contributed by atoms with Crippen LogP contribution >= 0.6 is 0 Å². The van der Waals surface area contributed by atoms with Crippen molar-refractivity contribution in [1.29, 1.82) is 0 Å². The summed E-state index contributed by atoms with van der Waals surface area (Å²) in [6.07, 6.45) is 0.835. The average Bonchev–Trinajstić information content (AvgIpc) is 2.77. The molecule has 0 fully saturated rings. The van der Waals surface area contributed by atoms with Crippen LogP contribution in [0.15, 0.2) is 18.2 Å². The third-order valence-electron chi connectivity index (χ3n) is 3.87. The van der Waals surface area contributed by atoms with Crippen LogP contribution in [-0.2, 0) is 9.59 Å². The molecule has 0 saturated heterocycles. The highest BCUT2D eigenvalue weighted by molar-refractivity contribution is 5.92. The van der Waals surface area contributed by atoms with E-state index in [-0.39, 0.29) is 30.4 Å². The zero-order chi connectivity index (χ0) is 19.2. The summed E-state index contributed by atoms with van der Waals surface area (Å²) in [5.74, 6) is 1.14. The van der Waals surface area contributed by atoms with Gasteiger partial charge in [-0.1, -0.05) is 0 Å². The predicted octanol–water partition coefficient (Wildman–Crippen LogP) is 0.606. The van der Waals surface area contributed by atoms with Gasteiger partial charge in [0.05, 0.1) is 19.8 Å². The molecule has 2 rings (SSSR count). The Labute approximate surface area is 155 Å². The van der Waals surface area contributed by atoms with Gasteiger partial charge in [0.25, 0.3) is 11.8 Å². The van der Waals surface area contributed by atoms with E-state index in [4.69, 9.17) is 9.47 Å². The molecule has 2 amide bonds. The second kappa shape index (κ2) is 8.89. The van der Waals surface area contributed by atoms with Crippen LogP contribution in [0.25, 0.3) is 0 Å². The van der Waals surface area contributed by atoms with Crippen LogP contribution in [0.1, 0.15) is 34.1 Å². The fourth-order valence-electron chi connectivity index (χ4n) is 2.68. The lowest BCUT2D eigenvalue weighted by atomic mass is 10.1. The van der Waals surface area contributed by atoms with E-state index in [1.807, 2.05) is 27.7 Å². The SMILES string of the molecule is CC[NH+](CC(=O)Nc1ccc2c(c1)OCCCO2)CC(=O)NC(C)(C)C. The van der Waals surface area contributed by atoms with Crippen LogP contribution in [0, 0.1) is 0 Å². The van der Waals surface area contributed by atoms with Gasteiger partial charge in [0.1, 0.15) is 0 Å². The minimum Gasteiger partial charge on any atom is -0.490 e. The molecule has 0 saturated carbocycles. The topological polar surface area (TPSA) is 81.1 Å². The lowest BCUT2D eigenvalue weighted by molar-refractivity contribution is -0.881. The molecule has 1 aliphatic rings. The van der Waals surface area contributed by atoms with Crippen molar-refractivity contribution in [2.24, 2.45) is 0 Å². The molecule has 1 aromatic rings. The van der Waals surface area contributed by atoms with Gasteiger partial charge in [0.2, 0.25) is 0 Å². The summed E-state index contributed by atoms with van der Waals surface area (Å²) in [5.41, 5.74) is 0.385. The molecule has 0 bridgehead atoms. The zero-order valence-electron chi connectivity index (χ0n) is 16.1. The third kappa shape index (κ3) is 6.55. The molecule has 0 radical (unpaired) electrons. The van der Waals surface area contributed by atoms with Crippen LogP contribution in [0.5, 0.6) is 11.5 Å². The van der Waals surface area contributed by atoms with Crippen LogP contribution in [0.2, 0.25) is 0 Å². The Morgan fingerprint density at radius 1 is 1.08 bits per heavy atom. The molecule has 1 unspecified atom stereocenters. The first kappa shape index (κ1) is 20.0. The van der Waals surface area contributed by atoms with Crippen LogP contribution in [0.3, 0.4) is 0 Å². The van der Waals surface area contributed by atoms with Gasteiger partial charge < -0.3 is 25.0 Å². The number of likely N-dealkylation sites (N-methyl/N-ethyl adjacent to an activating group) is 1. The maximum absolute atomic E-state index is 12.3. The van der Waals surface area contributed by atoms with Crippen molar-refractivity contribution in [2.45, 2.75) is 39.7 Å². The number of carbonyl (C=O) groups is 2. The van der Waals surface area contributed by atoms with Gasteiger partial charge in [-0.25, -0.2) is 0 Å². The number of hydrogen-bond acceptors (Lipinski definition) is 4. The fraction of sp³-hybridized carbons (Fsp3) is 0.579. The lowest BCUT2D eigenvalue weighted by Crippen LogP contribution is -3.14. The molecule has 1 atom stereocenters. The summed E-state index contributed by atoms with van der Waals surface area (Å²) in [6.45, 7) is 10.2. The van der Waals surface area contributed by atoms with Crippen molar-refractivity contribution in [3.63, 3.8) is 0 Å². The van der Waals surface area contributed by atoms with E-state index in [1.54, 1.807) is 18.2 Å². The molecule has 0 aromatic heterocycles. The molecule has 1 aromatic carbocycles. The van der Waals surface area contributed by atoms with Gasteiger partial charge >= 0.3 is 0 Å². The van der Waals surface area contributed by atoms with Crippen LogP contribution < -0.4 is 25.0 Å². The number of benzene rings is 1. The van der Waals surface area contributed by atoms with E-state index < -0.39 is 0 Å². The van der Waals surface area contributed by atoms with E-state index in [2.05, 4.69) is 10.6 Å². The van der Waals surface area contributed by atoms with Gasteiger partial charge in [-0.15, -0.1) is 0 Å². The standard InChI is InChI=1S/C19H29N3O4/c1-5-22(13-18(24)21-19(2,3)4)12-17(23)20-14-7-8-15-16(11-14)26-10-6-9-25-15/h7-8,11H,5-6,9-10,12-13H2,1-4H3,(H,20,23)(H,21,24)/p+1. The Morgan fingerprint density at radius 3 is 2.38 bits per heavy atom. The molecule has 1 heterocycles. The second-order valence-corrected chi connectivity index (χ2v) is 7.52. The van der Waals surface area contributed by atoms with Crippen molar-refractivity contribution in [2.75, 3.05) is 38.2 Å². The monoisotopic (exact) mass is 364 g/mol. The first-order chi connectivity index (χ1) is 12.3. The van der Waals surface area contributed by atoms with Gasteiger partial charge in [0.15, 0.2) is 24.6 Å². The van der Waals surface area contributed by atoms with E-state index in [9.17, 15) is 9.59 Å².